The van der Waals surface area contributed by atoms with Crippen molar-refractivity contribution in [1.29, 1.82) is 5.26 Å². The second-order valence-corrected chi connectivity index (χ2v) is 10.8. The first kappa shape index (κ1) is 27.3. The van der Waals surface area contributed by atoms with Crippen LogP contribution >= 0.6 is 0 Å². The van der Waals surface area contributed by atoms with Crippen molar-refractivity contribution in [3.8, 4) is 40.3 Å². The number of anilines is 1. The Bertz CT molecular complexity index is 1960. The Morgan fingerprint density at radius 2 is 1.66 bits per heavy atom. The van der Waals surface area contributed by atoms with E-state index in [9.17, 15) is 0 Å². The van der Waals surface area contributed by atoms with E-state index >= 15 is 0 Å². The number of hydrogen-bond donors (Lipinski definition) is 1. The Hall–Kier alpha value is -5.59. The number of piperidine rings is 1. The maximum Gasteiger partial charge on any atom is 0.214 e. The number of nitriles is 1. The zero-order valence-corrected chi connectivity index (χ0v) is 24.0. The number of ether oxygens (including phenoxy) is 1. The van der Waals surface area contributed by atoms with E-state index in [1.165, 1.54) is 5.56 Å². The van der Waals surface area contributed by atoms with E-state index in [1.807, 2.05) is 48.5 Å². The number of likely N-dealkylation sites (tertiary alicyclic amines) is 1. The van der Waals surface area contributed by atoms with E-state index in [0.29, 0.717) is 23.2 Å². The summed E-state index contributed by atoms with van der Waals surface area (Å²) in [6.07, 6.45) is 3.59. The van der Waals surface area contributed by atoms with Crippen molar-refractivity contribution in [1.82, 2.24) is 29.4 Å². The van der Waals surface area contributed by atoms with Crippen molar-refractivity contribution in [3.63, 3.8) is 0 Å². The average Bonchev–Trinajstić information content (AvgIpc) is 3.45. The fraction of sp³-hybridized carbons (Fsp3) is 0.171. The molecule has 0 aliphatic carbocycles. The Morgan fingerprint density at radius 3 is 2.43 bits per heavy atom. The average molecular weight is 579 g/mol. The van der Waals surface area contributed by atoms with Crippen LogP contribution in [0, 0.1) is 11.3 Å². The number of aromatic nitrogens is 5. The van der Waals surface area contributed by atoms with Crippen LogP contribution in [0.25, 0.3) is 39.5 Å². The summed E-state index contributed by atoms with van der Waals surface area (Å²) in [6.45, 7) is 2.69. The van der Waals surface area contributed by atoms with Gasteiger partial charge in [-0.15, -0.1) is 0 Å². The summed E-state index contributed by atoms with van der Waals surface area (Å²) in [7, 11) is 0. The molecule has 2 aromatic carbocycles. The molecule has 1 saturated heterocycles. The minimum atomic E-state index is 0.0937. The molecule has 1 aliphatic rings. The SMILES string of the molecule is N#Cc1cccc(OC2CCN(Cc3ccc(-n4c(-c5cccnc5N)nc5ccc(-c6ccccc6)nc54)cc3)CC2)n1. The molecule has 0 atom stereocenters. The van der Waals surface area contributed by atoms with E-state index < -0.39 is 0 Å². The Balaban J connectivity index is 1.13. The number of fused-ring (bicyclic) bond motifs is 1. The van der Waals surface area contributed by atoms with Gasteiger partial charge in [0.2, 0.25) is 5.88 Å². The summed E-state index contributed by atoms with van der Waals surface area (Å²) in [6, 6.07) is 33.9. The molecule has 0 bridgehead atoms. The number of nitrogens with two attached hydrogens (primary N) is 1. The maximum absolute atomic E-state index is 9.10. The number of pyridine rings is 3. The molecule has 2 N–H and O–H groups in total. The minimum absolute atomic E-state index is 0.0937. The fourth-order valence-electron chi connectivity index (χ4n) is 5.67. The van der Waals surface area contributed by atoms with Crippen LogP contribution in [0.15, 0.2) is 103 Å². The molecule has 7 rings (SSSR count). The van der Waals surface area contributed by atoms with Crippen LogP contribution in [0.4, 0.5) is 5.82 Å². The van der Waals surface area contributed by atoms with Gasteiger partial charge in [-0.2, -0.15) is 5.26 Å². The van der Waals surface area contributed by atoms with Crippen LogP contribution in [-0.4, -0.2) is 48.6 Å². The molecule has 0 radical (unpaired) electrons. The van der Waals surface area contributed by atoms with Crippen LogP contribution < -0.4 is 10.5 Å². The van der Waals surface area contributed by atoms with Gasteiger partial charge in [-0.1, -0.05) is 48.5 Å². The first-order valence-corrected chi connectivity index (χ1v) is 14.7. The van der Waals surface area contributed by atoms with Crippen LogP contribution in [0.2, 0.25) is 0 Å². The quantitative estimate of drug-likeness (QED) is 0.244. The third-order valence-corrected chi connectivity index (χ3v) is 7.91. The summed E-state index contributed by atoms with van der Waals surface area (Å²) in [4.78, 5) is 21.0. The number of nitrogen functional groups attached to an aromatic ring is 1. The van der Waals surface area contributed by atoms with Crippen LogP contribution in [0.1, 0.15) is 24.1 Å². The molecule has 0 saturated carbocycles. The fourth-order valence-corrected chi connectivity index (χ4v) is 5.67. The number of benzene rings is 2. The molecular weight excluding hydrogens is 548 g/mol. The van der Waals surface area contributed by atoms with Crippen molar-refractivity contribution < 1.29 is 4.74 Å². The molecule has 216 valence electrons. The van der Waals surface area contributed by atoms with Crippen LogP contribution in [-0.2, 0) is 6.54 Å². The summed E-state index contributed by atoms with van der Waals surface area (Å²) in [5.74, 6) is 1.64. The van der Waals surface area contributed by atoms with Crippen molar-refractivity contribution in [2.45, 2.75) is 25.5 Å². The molecule has 0 spiro atoms. The smallest absolute Gasteiger partial charge is 0.214 e. The van der Waals surface area contributed by atoms with Gasteiger partial charge in [0.1, 0.15) is 29.2 Å². The second kappa shape index (κ2) is 12.0. The predicted molar refractivity (Wildman–Crippen MR) is 170 cm³/mol. The molecule has 9 heteroatoms. The number of nitrogens with zero attached hydrogens (tertiary/aromatic N) is 7. The molecule has 44 heavy (non-hydrogen) atoms. The van der Waals surface area contributed by atoms with Crippen molar-refractivity contribution in [3.05, 3.63) is 115 Å². The third-order valence-electron chi connectivity index (χ3n) is 7.91. The Kier molecular flexibility index (Phi) is 7.41. The van der Waals surface area contributed by atoms with Gasteiger partial charge >= 0.3 is 0 Å². The van der Waals surface area contributed by atoms with E-state index in [0.717, 1.165) is 66.1 Å². The van der Waals surface area contributed by atoms with Gasteiger partial charge < -0.3 is 10.5 Å². The molecule has 9 nitrogen and oxygen atoms in total. The van der Waals surface area contributed by atoms with Gasteiger partial charge in [-0.3, -0.25) is 9.47 Å². The van der Waals surface area contributed by atoms with E-state index in [4.69, 9.17) is 25.7 Å². The predicted octanol–water partition coefficient (Wildman–Crippen LogP) is 6.04. The highest BCUT2D eigenvalue weighted by Gasteiger charge is 2.22. The molecule has 1 fully saturated rings. The lowest BCUT2D eigenvalue weighted by molar-refractivity contribution is 0.0932. The van der Waals surface area contributed by atoms with Crippen molar-refractivity contribution in [2.24, 2.45) is 0 Å². The van der Waals surface area contributed by atoms with Gasteiger partial charge in [0, 0.05) is 43.1 Å². The summed E-state index contributed by atoms with van der Waals surface area (Å²) >= 11 is 0. The lowest BCUT2D eigenvalue weighted by atomic mass is 10.1. The normalized spacial score (nSPS) is 14.0. The number of imidazole rings is 1. The van der Waals surface area contributed by atoms with Gasteiger partial charge in [0.25, 0.3) is 0 Å². The molecule has 6 aromatic rings. The Morgan fingerprint density at radius 1 is 0.841 bits per heavy atom. The maximum atomic E-state index is 9.10. The number of rotatable bonds is 7. The van der Waals surface area contributed by atoms with Crippen LogP contribution in [0.3, 0.4) is 0 Å². The van der Waals surface area contributed by atoms with Gasteiger partial charge in [-0.25, -0.2) is 19.9 Å². The highest BCUT2D eigenvalue weighted by molar-refractivity contribution is 5.84. The van der Waals surface area contributed by atoms with E-state index in [-0.39, 0.29) is 6.10 Å². The zero-order valence-electron chi connectivity index (χ0n) is 24.0. The molecule has 5 heterocycles. The Labute approximate surface area is 255 Å². The van der Waals surface area contributed by atoms with Crippen molar-refractivity contribution in [2.75, 3.05) is 18.8 Å². The highest BCUT2D eigenvalue weighted by Crippen LogP contribution is 2.32. The summed E-state index contributed by atoms with van der Waals surface area (Å²) in [5, 5.41) is 9.10. The van der Waals surface area contributed by atoms with Crippen molar-refractivity contribution >= 4 is 17.0 Å². The third kappa shape index (κ3) is 5.59. The molecule has 4 aromatic heterocycles. The molecule has 0 amide bonds. The zero-order chi connectivity index (χ0) is 29.9. The number of hydrogen-bond acceptors (Lipinski definition) is 8. The molecule has 0 unspecified atom stereocenters. The lowest BCUT2D eigenvalue weighted by Gasteiger charge is -2.31. The minimum Gasteiger partial charge on any atom is -0.474 e. The summed E-state index contributed by atoms with van der Waals surface area (Å²) < 4.78 is 8.13. The monoisotopic (exact) mass is 578 g/mol. The van der Waals surface area contributed by atoms with E-state index in [1.54, 1.807) is 18.3 Å². The lowest BCUT2D eigenvalue weighted by Crippen LogP contribution is -2.37. The van der Waals surface area contributed by atoms with Gasteiger partial charge in [0.05, 0.1) is 11.3 Å². The van der Waals surface area contributed by atoms with Gasteiger partial charge in [-0.05, 0) is 60.9 Å². The standard InChI is InChI=1S/C35H30N8O/c36-22-26-8-4-10-32(39-26)44-28-17-20-42(21-18-28)23-24-11-13-27(14-12-24)43-34(29-9-5-19-38-33(29)37)41-31-16-15-30(40-35(31)43)25-6-2-1-3-7-25/h1-16,19,28H,17-18,20-21,23H2,(H2,37,38). The largest absolute Gasteiger partial charge is 0.474 e. The highest BCUT2D eigenvalue weighted by atomic mass is 16.5. The molecular formula is C35H30N8O. The first-order chi connectivity index (χ1) is 21.6. The topological polar surface area (TPSA) is 119 Å². The molecule has 1 aliphatic heterocycles. The first-order valence-electron chi connectivity index (χ1n) is 14.7. The van der Waals surface area contributed by atoms with Crippen LogP contribution in [0.5, 0.6) is 5.88 Å². The van der Waals surface area contributed by atoms with Gasteiger partial charge in [0.15, 0.2) is 11.5 Å². The second-order valence-electron chi connectivity index (χ2n) is 10.8. The summed E-state index contributed by atoms with van der Waals surface area (Å²) in [5.41, 5.74) is 13.1. The van der Waals surface area contributed by atoms with E-state index in [2.05, 4.69) is 61.9 Å².